The van der Waals surface area contributed by atoms with Crippen LogP contribution in [0.1, 0.15) is 0 Å². The Hall–Kier alpha value is 0.00961. The van der Waals surface area contributed by atoms with Gasteiger partial charge in [-0.2, -0.15) is 0 Å². The van der Waals surface area contributed by atoms with E-state index in [-0.39, 0.29) is 0 Å². The molecular weight excluding hydrogens is 200 g/mol. The summed E-state index contributed by atoms with van der Waals surface area (Å²) in [4.78, 5) is 0. The van der Waals surface area contributed by atoms with E-state index in [1.165, 1.54) is 3.61 Å². The minimum atomic E-state index is 1.33. The first kappa shape index (κ1) is 5.15. The predicted octanol–water partition coefficient (Wildman–Crippen LogP) is 0.480. The Kier molecular flexibility index (Phi) is 1.73. The molecule has 0 aromatic heterocycles. The molecule has 0 amide bonds. The normalized spacial score (nSPS) is 8.57. The van der Waals surface area contributed by atoms with E-state index < -0.39 is 0 Å². The summed E-state index contributed by atoms with van der Waals surface area (Å²) in [5, 5.41) is 0. The summed E-state index contributed by atoms with van der Waals surface area (Å²) in [6, 6.07) is 10.3. The van der Waals surface area contributed by atoms with Gasteiger partial charge in [-0.05, 0) is 0 Å². The SMILES string of the molecule is [Te]c1ccccc1. The van der Waals surface area contributed by atoms with Crippen LogP contribution in [-0.4, -0.2) is 22.3 Å². The van der Waals surface area contributed by atoms with Crippen molar-refractivity contribution in [3.63, 3.8) is 0 Å². The van der Waals surface area contributed by atoms with Crippen LogP contribution in [0.5, 0.6) is 0 Å². The third-order valence-corrected chi connectivity index (χ3v) is 1.52. The summed E-state index contributed by atoms with van der Waals surface area (Å²) in [7, 11) is 0. The standard InChI is InChI=1S/C6H5Te/c7-6-4-2-1-3-5-6/h1-5H. The first-order chi connectivity index (χ1) is 3.39. The molecule has 1 rings (SSSR count). The van der Waals surface area contributed by atoms with Gasteiger partial charge in [0.05, 0.1) is 0 Å². The third-order valence-electron chi connectivity index (χ3n) is 0.743. The fourth-order valence-corrected chi connectivity index (χ4v) is 0.869. The molecule has 0 saturated carbocycles. The van der Waals surface area contributed by atoms with Crippen LogP contribution < -0.4 is 3.61 Å². The number of benzene rings is 1. The molecule has 0 fully saturated rings. The van der Waals surface area contributed by atoms with E-state index in [0.29, 0.717) is 0 Å². The molecule has 1 aromatic rings. The number of rotatable bonds is 0. The van der Waals surface area contributed by atoms with E-state index in [1.54, 1.807) is 0 Å². The molecule has 0 nitrogen and oxygen atoms in total. The Morgan fingerprint density at radius 1 is 1.00 bits per heavy atom. The Morgan fingerprint density at radius 3 is 1.86 bits per heavy atom. The van der Waals surface area contributed by atoms with Crippen LogP contribution in [0.4, 0.5) is 0 Å². The zero-order chi connectivity index (χ0) is 5.11. The summed E-state index contributed by atoms with van der Waals surface area (Å²) >= 11 is 2.02. The molecule has 1 aromatic carbocycles. The second-order valence-corrected chi connectivity index (χ2v) is 2.66. The summed E-state index contributed by atoms with van der Waals surface area (Å²) in [5.74, 6) is 0. The molecule has 0 aliphatic carbocycles. The topological polar surface area (TPSA) is 0 Å². The second-order valence-electron chi connectivity index (χ2n) is 1.31. The van der Waals surface area contributed by atoms with Crippen LogP contribution in [0, 0.1) is 0 Å². The van der Waals surface area contributed by atoms with Crippen molar-refractivity contribution in [3.8, 4) is 0 Å². The summed E-state index contributed by atoms with van der Waals surface area (Å²) in [5.41, 5.74) is 0. The molecule has 0 bridgehead atoms. The van der Waals surface area contributed by atoms with Crippen LogP contribution >= 0.6 is 0 Å². The van der Waals surface area contributed by atoms with Gasteiger partial charge in [0.1, 0.15) is 0 Å². The van der Waals surface area contributed by atoms with Gasteiger partial charge in [0.2, 0.25) is 0 Å². The van der Waals surface area contributed by atoms with Crippen LogP contribution in [0.15, 0.2) is 30.3 Å². The van der Waals surface area contributed by atoms with E-state index in [4.69, 9.17) is 0 Å². The zero-order valence-electron chi connectivity index (χ0n) is 3.79. The van der Waals surface area contributed by atoms with E-state index in [9.17, 15) is 0 Å². The van der Waals surface area contributed by atoms with Crippen molar-refractivity contribution in [1.82, 2.24) is 0 Å². The van der Waals surface area contributed by atoms with Crippen LogP contribution in [-0.2, 0) is 0 Å². The van der Waals surface area contributed by atoms with Gasteiger partial charge in [0, 0.05) is 0 Å². The minimum absolute atomic E-state index is 1.33. The van der Waals surface area contributed by atoms with Gasteiger partial charge in [-0.15, -0.1) is 0 Å². The Balaban J connectivity index is 3.02. The molecule has 0 aliphatic rings. The maximum absolute atomic E-state index is 2.09. The van der Waals surface area contributed by atoms with Gasteiger partial charge < -0.3 is 0 Å². The van der Waals surface area contributed by atoms with Crippen LogP contribution in [0.25, 0.3) is 0 Å². The number of hydrogen-bond donors (Lipinski definition) is 0. The molecule has 0 unspecified atom stereocenters. The fourth-order valence-electron chi connectivity index (χ4n) is 0.420. The van der Waals surface area contributed by atoms with Gasteiger partial charge in [-0.3, -0.25) is 0 Å². The first-order valence-electron chi connectivity index (χ1n) is 2.11. The first-order valence-corrected chi connectivity index (χ1v) is 3.28. The average Bonchev–Trinajstić information content (AvgIpc) is 1.69. The molecule has 0 heterocycles. The van der Waals surface area contributed by atoms with Gasteiger partial charge in [0.15, 0.2) is 0 Å². The van der Waals surface area contributed by atoms with Gasteiger partial charge in [0.25, 0.3) is 0 Å². The van der Waals surface area contributed by atoms with E-state index >= 15 is 0 Å². The summed E-state index contributed by atoms with van der Waals surface area (Å²) in [6.07, 6.45) is 0. The molecule has 0 spiro atoms. The van der Waals surface area contributed by atoms with Crippen molar-refractivity contribution in [2.75, 3.05) is 0 Å². The maximum atomic E-state index is 2.09. The van der Waals surface area contributed by atoms with Gasteiger partial charge >= 0.3 is 56.2 Å². The zero-order valence-corrected chi connectivity index (χ0v) is 6.13. The Bertz CT molecular complexity index is 134. The average molecular weight is 205 g/mol. The van der Waals surface area contributed by atoms with E-state index in [2.05, 4.69) is 12.1 Å². The second kappa shape index (κ2) is 2.35. The molecule has 7 heavy (non-hydrogen) atoms. The Labute approximate surface area is 56.5 Å². The molecule has 0 atom stereocenters. The van der Waals surface area contributed by atoms with Crippen molar-refractivity contribution in [1.29, 1.82) is 0 Å². The van der Waals surface area contributed by atoms with Gasteiger partial charge in [-0.1, -0.05) is 0 Å². The molecule has 1 heteroatoms. The van der Waals surface area contributed by atoms with Crippen molar-refractivity contribution < 1.29 is 0 Å². The van der Waals surface area contributed by atoms with E-state index in [1.807, 2.05) is 40.5 Å². The van der Waals surface area contributed by atoms with Crippen molar-refractivity contribution in [3.05, 3.63) is 30.3 Å². The quantitative estimate of drug-likeness (QED) is 0.540. The summed E-state index contributed by atoms with van der Waals surface area (Å²) < 4.78 is 1.33. The fraction of sp³-hybridized carbons (Fsp3) is 0. The molecule has 0 aliphatic heterocycles. The predicted molar refractivity (Wildman–Crippen MR) is 31.8 cm³/mol. The van der Waals surface area contributed by atoms with Gasteiger partial charge in [-0.25, -0.2) is 0 Å². The third kappa shape index (κ3) is 1.51. The molecule has 1 radical (unpaired) electrons. The summed E-state index contributed by atoms with van der Waals surface area (Å²) in [6.45, 7) is 0. The monoisotopic (exact) mass is 207 g/mol. The van der Waals surface area contributed by atoms with Crippen LogP contribution in [0.3, 0.4) is 0 Å². The molecular formula is C6H5Te. The van der Waals surface area contributed by atoms with Crippen molar-refractivity contribution in [2.24, 2.45) is 0 Å². The molecule has 35 valence electrons. The van der Waals surface area contributed by atoms with Crippen LogP contribution in [0.2, 0.25) is 0 Å². The molecule has 0 N–H and O–H groups in total. The molecule has 0 saturated heterocycles. The van der Waals surface area contributed by atoms with Crippen molar-refractivity contribution >= 4 is 25.9 Å². The van der Waals surface area contributed by atoms with Crippen molar-refractivity contribution in [2.45, 2.75) is 0 Å². The number of hydrogen-bond acceptors (Lipinski definition) is 0. The Morgan fingerprint density at radius 2 is 1.57 bits per heavy atom. The van der Waals surface area contributed by atoms with E-state index in [0.717, 1.165) is 0 Å².